The van der Waals surface area contributed by atoms with Crippen LogP contribution in [-0.4, -0.2) is 30.8 Å². The molecule has 1 rings (SSSR count). The molecular formula is C17H37P. The molecular weight excluding hydrogens is 235 g/mol. The van der Waals surface area contributed by atoms with Gasteiger partial charge in [-0.3, -0.25) is 0 Å². The van der Waals surface area contributed by atoms with E-state index in [4.69, 9.17) is 0 Å². The van der Waals surface area contributed by atoms with Crippen molar-refractivity contribution in [3.8, 4) is 0 Å². The van der Waals surface area contributed by atoms with Crippen LogP contribution in [0.4, 0.5) is 0 Å². The van der Waals surface area contributed by atoms with Crippen LogP contribution in [0.2, 0.25) is 0 Å². The molecule has 0 unspecified atom stereocenters. The van der Waals surface area contributed by atoms with E-state index in [9.17, 15) is 0 Å². The summed E-state index contributed by atoms with van der Waals surface area (Å²) < 4.78 is 0. The Morgan fingerprint density at radius 3 is 1.33 bits per heavy atom. The zero-order valence-corrected chi connectivity index (χ0v) is 14.2. The fourth-order valence-electron chi connectivity index (χ4n) is 4.23. The Bertz CT molecular complexity index is 187. The molecule has 0 aromatic heterocycles. The van der Waals surface area contributed by atoms with E-state index in [0.717, 1.165) is 0 Å². The molecule has 0 aromatic rings. The molecule has 0 nitrogen and oxygen atoms in total. The van der Waals surface area contributed by atoms with Gasteiger partial charge >= 0.3 is 116 Å². The second-order valence-electron chi connectivity index (χ2n) is 6.98. The molecule has 0 radical (unpaired) electrons. The summed E-state index contributed by atoms with van der Waals surface area (Å²) >= 11 is 0. The van der Waals surface area contributed by atoms with Crippen LogP contribution in [0.5, 0.6) is 0 Å². The summed E-state index contributed by atoms with van der Waals surface area (Å²) in [4.78, 5) is 0. The molecule has 1 saturated heterocycles. The van der Waals surface area contributed by atoms with Gasteiger partial charge in [-0.05, 0) is 0 Å². The Morgan fingerprint density at radius 1 is 0.611 bits per heavy atom. The number of rotatable bonds is 9. The van der Waals surface area contributed by atoms with E-state index >= 15 is 0 Å². The molecule has 0 aliphatic carbocycles. The third kappa shape index (κ3) is 4.22. The third-order valence-electron chi connectivity index (χ3n) is 5.51. The summed E-state index contributed by atoms with van der Waals surface area (Å²) in [6.07, 6.45) is 21.8. The second-order valence-corrected chi connectivity index (χ2v) is 13.7. The van der Waals surface area contributed by atoms with Gasteiger partial charge in [-0.25, -0.2) is 0 Å². The van der Waals surface area contributed by atoms with Crippen molar-refractivity contribution in [3.05, 3.63) is 0 Å². The molecule has 1 aliphatic heterocycles. The van der Waals surface area contributed by atoms with Crippen LogP contribution < -0.4 is 0 Å². The van der Waals surface area contributed by atoms with Crippen LogP contribution in [-0.2, 0) is 0 Å². The van der Waals surface area contributed by atoms with Gasteiger partial charge in [-0.1, -0.05) is 0 Å². The van der Waals surface area contributed by atoms with Crippen molar-refractivity contribution in [3.63, 3.8) is 0 Å². The number of hydrogen-bond donors (Lipinski definition) is 0. The Hall–Kier alpha value is 0.430. The molecule has 0 bridgehead atoms. The van der Waals surface area contributed by atoms with E-state index in [1.165, 1.54) is 44.9 Å². The Balaban J connectivity index is 2.82. The number of unbranched alkanes of at least 4 members (excludes halogenated alkanes) is 3. The summed E-state index contributed by atoms with van der Waals surface area (Å²) in [7, 11) is 0. The summed E-state index contributed by atoms with van der Waals surface area (Å²) in [5.74, 6) is 0. The van der Waals surface area contributed by atoms with Gasteiger partial charge in [0, 0.05) is 0 Å². The zero-order chi connectivity index (χ0) is 13.3. The van der Waals surface area contributed by atoms with Crippen molar-refractivity contribution in [2.45, 2.75) is 78.6 Å². The summed E-state index contributed by atoms with van der Waals surface area (Å²) in [6, 6.07) is 0. The minimum atomic E-state index is -1.28. The Kier molecular flexibility index (Phi) is 7.22. The average Bonchev–Trinajstić information content (AvgIpc) is 2.43. The normalized spacial score (nSPS) is 24.3. The van der Waals surface area contributed by atoms with Crippen LogP contribution >= 0.6 is 6.60 Å². The molecule has 1 heteroatoms. The van der Waals surface area contributed by atoms with Crippen molar-refractivity contribution in [2.24, 2.45) is 0 Å². The van der Waals surface area contributed by atoms with Crippen molar-refractivity contribution >= 4 is 6.60 Å². The van der Waals surface area contributed by atoms with Crippen LogP contribution in [0.3, 0.4) is 0 Å². The Labute approximate surface area is 116 Å². The first-order valence-corrected chi connectivity index (χ1v) is 11.9. The molecule has 18 heavy (non-hydrogen) atoms. The van der Waals surface area contributed by atoms with E-state index in [-0.39, 0.29) is 0 Å². The van der Waals surface area contributed by atoms with E-state index in [1.54, 1.807) is 43.7 Å². The topological polar surface area (TPSA) is 0 Å². The third-order valence-corrected chi connectivity index (χ3v) is 13.4. The minimum absolute atomic E-state index is 1.28. The number of hydrogen-bond acceptors (Lipinski definition) is 0. The van der Waals surface area contributed by atoms with Crippen molar-refractivity contribution in [1.82, 2.24) is 0 Å². The van der Waals surface area contributed by atoms with Crippen molar-refractivity contribution < 1.29 is 0 Å². The van der Waals surface area contributed by atoms with Crippen molar-refractivity contribution in [1.29, 1.82) is 0 Å². The van der Waals surface area contributed by atoms with Gasteiger partial charge in [-0.2, -0.15) is 0 Å². The van der Waals surface area contributed by atoms with Gasteiger partial charge in [0.05, 0.1) is 0 Å². The predicted octanol–water partition coefficient (Wildman–Crippen LogP) is 6.12. The SMILES string of the molecule is CCCCP1(CCCC)(CCCC)CCCCC1. The molecule has 0 N–H and O–H groups in total. The summed E-state index contributed by atoms with van der Waals surface area (Å²) in [5.41, 5.74) is 0. The maximum atomic E-state index is 2.39. The van der Waals surface area contributed by atoms with E-state index in [0.29, 0.717) is 0 Å². The first kappa shape index (κ1) is 16.5. The van der Waals surface area contributed by atoms with E-state index < -0.39 is 6.60 Å². The zero-order valence-electron chi connectivity index (χ0n) is 13.3. The maximum absolute atomic E-state index is 2.39. The van der Waals surface area contributed by atoms with Crippen LogP contribution in [0.25, 0.3) is 0 Å². The molecule has 0 atom stereocenters. The Morgan fingerprint density at radius 2 is 1.00 bits per heavy atom. The molecule has 0 spiro atoms. The van der Waals surface area contributed by atoms with Gasteiger partial charge < -0.3 is 0 Å². The van der Waals surface area contributed by atoms with Crippen LogP contribution in [0, 0.1) is 0 Å². The van der Waals surface area contributed by atoms with Crippen molar-refractivity contribution in [2.75, 3.05) is 30.8 Å². The summed E-state index contributed by atoms with van der Waals surface area (Å²) in [6.45, 7) is 5.88. The van der Waals surface area contributed by atoms with Crippen LogP contribution in [0.15, 0.2) is 0 Å². The molecule has 1 heterocycles. The van der Waals surface area contributed by atoms with E-state index in [2.05, 4.69) is 20.8 Å². The summed E-state index contributed by atoms with van der Waals surface area (Å²) in [5, 5.41) is 0. The molecule has 1 aliphatic rings. The van der Waals surface area contributed by atoms with E-state index in [1.807, 2.05) is 0 Å². The van der Waals surface area contributed by atoms with Crippen LogP contribution in [0.1, 0.15) is 78.6 Å². The van der Waals surface area contributed by atoms with Gasteiger partial charge in [0.25, 0.3) is 0 Å². The molecule has 0 saturated carbocycles. The fraction of sp³-hybridized carbons (Fsp3) is 1.00. The molecule has 110 valence electrons. The standard InChI is InChI=1S/C17H37P/c1-4-7-13-18(14-8-5-2,15-9-6-3)16-11-10-12-17-18/h4-17H2,1-3H3. The van der Waals surface area contributed by atoms with Gasteiger partial charge in [0.2, 0.25) is 0 Å². The molecule has 0 aromatic carbocycles. The fourth-order valence-corrected chi connectivity index (χ4v) is 12.3. The quantitative estimate of drug-likeness (QED) is 0.443. The second kappa shape index (κ2) is 7.88. The monoisotopic (exact) mass is 272 g/mol. The average molecular weight is 272 g/mol. The van der Waals surface area contributed by atoms with Gasteiger partial charge in [-0.15, -0.1) is 0 Å². The molecule has 0 amide bonds. The first-order chi connectivity index (χ1) is 8.70. The van der Waals surface area contributed by atoms with Gasteiger partial charge in [0.15, 0.2) is 0 Å². The van der Waals surface area contributed by atoms with Gasteiger partial charge in [0.1, 0.15) is 0 Å². The first-order valence-electron chi connectivity index (χ1n) is 8.70. The molecule has 1 fully saturated rings. The predicted molar refractivity (Wildman–Crippen MR) is 89.8 cm³/mol.